The van der Waals surface area contributed by atoms with Gasteiger partial charge in [-0.3, -0.25) is 9.69 Å². The molecule has 2 heterocycles. The first-order valence-corrected chi connectivity index (χ1v) is 13.1. The van der Waals surface area contributed by atoms with Crippen LogP contribution in [0.2, 0.25) is 0 Å². The van der Waals surface area contributed by atoms with Crippen LogP contribution in [0.5, 0.6) is 0 Å². The minimum atomic E-state index is -3.55. The quantitative estimate of drug-likeness (QED) is 0.480. The van der Waals surface area contributed by atoms with Crippen molar-refractivity contribution in [2.45, 2.75) is 24.2 Å². The zero-order valence-electron chi connectivity index (χ0n) is 18.7. The maximum absolute atomic E-state index is 14.2. The van der Waals surface area contributed by atoms with Gasteiger partial charge in [0.25, 0.3) is 5.91 Å². The highest BCUT2D eigenvalue weighted by Crippen LogP contribution is 2.31. The number of aromatic nitrogens is 1. The van der Waals surface area contributed by atoms with Gasteiger partial charge in [0.15, 0.2) is 5.13 Å². The Hall–Kier alpha value is -2.40. The highest BCUT2D eigenvalue weighted by Gasteiger charge is 2.28. The zero-order valence-corrected chi connectivity index (χ0v) is 20.3. The summed E-state index contributed by atoms with van der Waals surface area (Å²) in [7, 11) is 0.366. The van der Waals surface area contributed by atoms with E-state index < -0.39 is 15.8 Å². The summed E-state index contributed by atoms with van der Waals surface area (Å²) in [5, 5.41) is 0.424. The Kier molecular flexibility index (Phi) is 7.08. The van der Waals surface area contributed by atoms with Crippen molar-refractivity contribution >= 4 is 42.6 Å². The van der Waals surface area contributed by atoms with E-state index >= 15 is 0 Å². The van der Waals surface area contributed by atoms with Crippen LogP contribution in [0.1, 0.15) is 29.6 Å². The van der Waals surface area contributed by atoms with Crippen LogP contribution in [0.25, 0.3) is 10.2 Å². The van der Waals surface area contributed by atoms with Gasteiger partial charge in [-0.1, -0.05) is 17.4 Å². The van der Waals surface area contributed by atoms with E-state index in [0.717, 1.165) is 19.4 Å². The lowest BCUT2D eigenvalue weighted by Gasteiger charge is -2.21. The number of amides is 1. The van der Waals surface area contributed by atoms with Crippen LogP contribution in [0.3, 0.4) is 0 Å². The molecule has 0 radical (unpaired) electrons. The molecule has 1 saturated heterocycles. The normalized spacial score (nSPS) is 14.9. The Bertz CT molecular complexity index is 1240. The molecule has 1 aromatic heterocycles. The predicted molar refractivity (Wildman–Crippen MR) is 129 cm³/mol. The number of sulfonamides is 1. The fraction of sp³-hybridized carbons (Fsp3) is 0.391. The van der Waals surface area contributed by atoms with E-state index in [1.807, 2.05) is 19.0 Å². The Labute approximate surface area is 197 Å². The van der Waals surface area contributed by atoms with E-state index in [0.29, 0.717) is 41.5 Å². The van der Waals surface area contributed by atoms with Crippen molar-refractivity contribution < 1.29 is 17.6 Å². The number of hydrogen-bond acceptors (Lipinski definition) is 6. The van der Waals surface area contributed by atoms with Crippen LogP contribution in [0, 0.1) is 5.82 Å². The molecule has 10 heteroatoms. The summed E-state index contributed by atoms with van der Waals surface area (Å²) in [5.41, 5.74) is 0.606. The summed E-state index contributed by atoms with van der Waals surface area (Å²) in [6, 6.07) is 10.8. The highest BCUT2D eigenvalue weighted by atomic mass is 32.2. The molecule has 1 aliphatic rings. The van der Waals surface area contributed by atoms with Crippen molar-refractivity contribution in [3.05, 3.63) is 53.8 Å². The molecule has 4 rings (SSSR count). The minimum Gasteiger partial charge on any atom is -0.309 e. The van der Waals surface area contributed by atoms with E-state index in [9.17, 15) is 17.6 Å². The molecule has 1 aliphatic heterocycles. The van der Waals surface area contributed by atoms with Crippen LogP contribution in [-0.2, 0) is 10.0 Å². The molecule has 176 valence electrons. The number of anilines is 1. The third-order valence-corrected chi connectivity index (χ3v) is 8.58. The van der Waals surface area contributed by atoms with E-state index in [2.05, 4.69) is 4.98 Å². The molecular formula is C23H27FN4O3S2. The van der Waals surface area contributed by atoms with Crippen molar-refractivity contribution in [3.8, 4) is 0 Å². The lowest BCUT2D eigenvalue weighted by atomic mass is 10.2. The monoisotopic (exact) mass is 490 g/mol. The summed E-state index contributed by atoms with van der Waals surface area (Å²) in [6.45, 7) is 2.23. The molecule has 2 aromatic carbocycles. The number of nitrogens with zero attached hydrogens (tertiary/aromatic N) is 4. The van der Waals surface area contributed by atoms with Crippen molar-refractivity contribution in [1.29, 1.82) is 0 Å². The van der Waals surface area contributed by atoms with Crippen LogP contribution in [0.4, 0.5) is 9.52 Å². The Morgan fingerprint density at radius 3 is 2.42 bits per heavy atom. The summed E-state index contributed by atoms with van der Waals surface area (Å²) in [4.78, 5) is 21.6. The van der Waals surface area contributed by atoms with Gasteiger partial charge in [0, 0.05) is 25.2 Å². The summed E-state index contributed by atoms with van der Waals surface area (Å²) in [5.74, 6) is -0.717. The van der Waals surface area contributed by atoms with E-state index in [1.54, 1.807) is 17.0 Å². The standard InChI is InChI=1S/C23H27FN4O3S2/c1-26(2)13-6-16-28(23-25-21-19(24)7-5-8-20(21)32-23)22(29)17-9-11-18(12-10-17)33(30,31)27-14-3-4-15-27/h5,7-12H,3-4,6,13-16H2,1-2H3. The molecule has 0 atom stereocenters. The maximum Gasteiger partial charge on any atom is 0.260 e. The number of carbonyl (C=O) groups is 1. The van der Waals surface area contributed by atoms with Crippen molar-refractivity contribution in [3.63, 3.8) is 0 Å². The summed E-state index contributed by atoms with van der Waals surface area (Å²) < 4.78 is 41.9. The third-order valence-electron chi connectivity index (χ3n) is 5.63. The smallest absolute Gasteiger partial charge is 0.260 e. The molecule has 1 amide bonds. The molecule has 0 aliphatic carbocycles. The molecule has 0 unspecified atom stereocenters. The summed E-state index contributed by atoms with van der Waals surface area (Å²) in [6.07, 6.45) is 2.43. The second-order valence-corrected chi connectivity index (χ2v) is 11.3. The predicted octanol–water partition coefficient (Wildman–Crippen LogP) is 3.82. The van der Waals surface area contributed by atoms with Gasteiger partial charge < -0.3 is 4.90 Å². The first-order valence-electron chi connectivity index (χ1n) is 10.9. The molecule has 3 aromatic rings. The van der Waals surface area contributed by atoms with E-state index in [-0.39, 0.29) is 16.3 Å². The Morgan fingerprint density at radius 2 is 1.79 bits per heavy atom. The van der Waals surface area contributed by atoms with Gasteiger partial charge in [-0.15, -0.1) is 0 Å². The molecule has 1 fully saturated rings. The lowest BCUT2D eigenvalue weighted by Crippen LogP contribution is -2.33. The van der Waals surface area contributed by atoms with Crippen LogP contribution in [0.15, 0.2) is 47.4 Å². The number of benzene rings is 2. The molecule has 0 bridgehead atoms. The topological polar surface area (TPSA) is 73.8 Å². The number of halogens is 1. The van der Waals surface area contributed by atoms with Gasteiger partial charge in [0.2, 0.25) is 10.0 Å². The van der Waals surface area contributed by atoms with E-state index in [4.69, 9.17) is 0 Å². The van der Waals surface area contributed by atoms with Gasteiger partial charge in [0.1, 0.15) is 11.3 Å². The van der Waals surface area contributed by atoms with Gasteiger partial charge in [-0.25, -0.2) is 17.8 Å². The molecule has 0 N–H and O–H groups in total. The van der Waals surface area contributed by atoms with Gasteiger partial charge in [-0.05, 0) is 76.3 Å². The van der Waals surface area contributed by atoms with Gasteiger partial charge in [-0.2, -0.15) is 4.31 Å². The number of rotatable bonds is 8. The lowest BCUT2D eigenvalue weighted by molar-refractivity contribution is 0.0986. The van der Waals surface area contributed by atoms with Crippen LogP contribution in [-0.4, -0.2) is 68.8 Å². The number of para-hydroxylation sites is 1. The molecule has 7 nitrogen and oxygen atoms in total. The average molecular weight is 491 g/mol. The first kappa shape index (κ1) is 23.7. The number of hydrogen-bond donors (Lipinski definition) is 0. The van der Waals surface area contributed by atoms with E-state index in [1.165, 1.54) is 46.0 Å². The first-order chi connectivity index (χ1) is 15.8. The van der Waals surface area contributed by atoms with Crippen LogP contribution < -0.4 is 4.90 Å². The maximum atomic E-state index is 14.2. The number of carbonyl (C=O) groups excluding carboxylic acids is 1. The second kappa shape index (κ2) is 9.84. The molecule has 33 heavy (non-hydrogen) atoms. The Morgan fingerprint density at radius 1 is 1.09 bits per heavy atom. The summed E-state index contributed by atoms with van der Waals surface area (Å²) >= 11 is 1.26. The van der Waals surface area contributed by atoms with Crippen molar-refractivity contribution in [1.82, 2.24) is 14.2 Å². The van der Waals surface area contributed by atoms with Crippen LogP contribution >= 0.6 is 11.3 Å². The SMILES string of the molecule is CN(C)CCCN(C(=O)c1ccc(S(=O)(=O)N2CCCC2)cc1)c1nc2c(F)cccc2s1. The Balaban J connectivity index is 1.62. The molecular weight excluding hydrogens is 463 g/mol. The number of fused-ring (bicyclic) bond motifs is 1. The molecule has 0 saturated carbocycles. The van der Waals surface area contributed by atoms with Crippen molar-refractivity contribution in [2.75, 3.05) is 45.2 Å². The highest BCUT2D eigenvalue weighted by molar-refractivity contribution is 7.89. The largest absolute Gasteiger partial charge is 0.309 e. The number of thiazole rings is 1. The van der Waals surface area contributed by atoms with Gasteiger partial charge in [0.05, 0.1) is 9.60 Å². The van der Waals surface area contributed by atoms with Crippen molar-refractivity contribution in [2.24, 2.45) is 0 Å². The molecule has 0 spiro atoms. The average Bonchev–Trinajstić information content (AvgIpc) is 3.47. The second-order valence-electron chi connectivity index (χ2n) is 8.33. The van der Waals surface area contributed by atoms with Gasteiger partial charge >= 0.3 is 0 Å². The minimum absolute atomic E-state index is 0.183. The third kappa shape index (κ3) is 5.08. The fourth-order valence-corrected chi connectivity index (χ4v) is 6.37. The zero-order chi connectivity index (χ0) is 23.6. The fourth-order valence-electron chi connectivity index (χ4n) is 3.85.